The van der Waals surface area contributed by atoms with Crippen LogP contribution in [0.2, 0.25) is 0 Å². The maximum atomic E-state index is 11.4. The molecule has 0 aromatic carbocycles. The van der Waals surface area contributed by atoms with E-state index in [-0.39, 0.29) is 12.0 Å². The standard InChI is InChI=1S/C9H11N2O2S/c1-2-13-9(12)7-3-6-8(4-10-7)14-5-11-6/h7,10H,2-4H2,1H3. The minimum atomic E-state index is -0.238. The van der Waals surface area contributed by atoms with Crippen molar-refractivity contribution in [2.75, 3.05) is 6.61 Å². The zero-order valence-electron chi connectivity index (χ0n) is 7.87. The maximum absolute atomic E-state index is 11.4. The van der Waals surface area contributed by atoms with E-state index in [1.54, 1.807) is 0 Å². The van der Waals surface area contributed by atoms with Crippen LogP contribution < -0.4 is 5.32 Å². The molecule has 0 spiro atoms. The van der Waals surface area contributed by atoms with E-state index in [0.29, 0.717) is 19.6 Å². The summed E-state index contributed by atoms with van der Waals surface area (Å²) in [6.45, 7) is 2.93. The third-order valence-electron chi connectivity index (χ3n) is 2.15. The van der Waals surface area contributed by atoms with E-state index < -0.39 is 0 Å². The van der Waals surface area contributed by atoms with Crippen molar-refractivity contribution in [3.8, 4) is 0 Å². The monoisotopic (exact) mass is 211 g/mol. The summed E-state index contributed by atoms with van der Waals surface area (Å²) < 4.78 is 4.94. The first-order chi connectivity index (χ1) is 6.81. The van der Waals surface area contributed by atoms with Crippen LogP contribution in [-0.2, 0) is 22.5 Å². The number of carbonyl (C=O) groups excluding carboxylic acids is 1. The van der Waals surface area contributed by atoms with Crippen LogP contribution >= 0.6 is 11.3 Å². The predicted octanol–water partition coefficient (Wildman–Crippen LogP) is 0.521. The second-order valence-electron chi connectivity index (χ2n) is 3.06. The zero-order chi connectivity index (χ0) is 9.97. The molecule has 1 aliphatic heterocycles. The van der Waals surface area contributed by atoms with Gasteiger partial charge in [0.05, 0.1) is 12.3 Å². The summed E-state index contributed by atoms with van der Waals surface area (Å²) in [7, 11) is 0. The van der Waals surface area contributed by atoms with E-state index in [9.17, 15) is 4.79 Å². The molecule has 14 heavy (non-hydrogen) atoms. The number of fused-ring (bicyclic) bond motifs is 1. The largest absolute Gasteiger partial charge is 0.465 e. The lowest BCUT2D eigenvalue weighted by atomic mass is 10.1. The number of rotatable bonds is 2. The number of nitrogens with one attached hydrogen (secondary N) is 1. The molecule has 2 heterocycles. The Bertz CT molecular complexity index is 337. The van der Waals surface area contributed by atoms with Crippen LogP contribution in [-0.4, -0.2) is 23.6 Å². The molecule has 1 aromatic heterocycles. The molecule has 5 heteroatoms. The Morgan fingerprint density at radius 3 is 3.50 bits per heavy atom. The van der Waals surface area contributed by atoms with Crippen molar-refractivity contribution >= 4 is 17.3 Å². The van der Waals surface area contributed by atoms with E-state index in [1.807, 2.05) is 6.92 Å². The summed E-state index contributed by atoms with van der Waals surface area (Å²) in [4.78, 5) is 16.7. The maximum Gasteiger partial charge on any atom is 0.323 e. The number of ether oxygens (including phenoxy) is 1. The van der Waals surface area contributed by atoms with Crippen molar-refractivity contribution in [1.29, 1.82) is 0 Å². The second kappa shape index (κ2) is 4.06. The molecule has 1 aromatic rings. The van der Waals surface area contributed by atoms with Crippen LogP contribution in [0.1, 0.15) is 17.5 Å². The third kappa shape index (κ3) is 1.78. The van der Waals surface area contributed by atoms with Gasteiger partial charge in [0.2, 0.25) is 0 Å². The highest BCUT2D eigenvalue weighted by Crippen LogP contribution is 2.19. The highest BCUT2D eigenvalue weighted by molar-refractivity contribution is 7.09. The molecule has 1 radical (unpaired) electrons. The minimum Gasteiger partial charge on any atom is -0.465 e. The van der Waals surface area contributed by atoms with Gasteiger partial charge in [-0.15, -0.1) is 11.3 Å². The highest BCUT2D eigenvalue weighted by Gasteiger charge is 2.26. The van der Waals surface area contributed by atoms with Gasteiger partial charge in [-0.2, -0.15) is 0 Å². The van der Waals surface area contributed by atoms with Crippen LogP contribution in [0.15, 0.2) is 0 Å². The number of carbonyl (C=O) groups is 1. The Kier molecular flexibility index (Phi) is 2.79. The van der Waals surface area contributed by atoms with Gasteiger partial charge < -0.3 is 4.74 Å². The molecule has 1 N–H and O–H groups in total. The fraction of sp³-hybridized carbons (Fsp3) is 0.556. The number of esters is 1. The molecular weight excluding hydrogens is 200 g/mol. The van der Waals surface area contributed by atoms with Crippen LogP contribution in [0.5, 0.6) is 0 Å². The summed E-state index contributed by atoms with van der Waals surface area (Å²) >= 11 is 1.50. The van der Waals surface area contributed by atoms with E-state index in [2.05, 4.69) is 15.8 Å². The van der Waals surface area contributed by atoms with E-state index in [1.165, 1.54) is 16.2 Å². The molecule has 0 saturated heterocycles. The summed E-state index contributed by atoms with van der Waals surface area (Å²) in [6.07, 6.45) is 0.619. The van der Waals surface area contributed by atoms with Gasteiger partial charge in [0, 0.05) is 17.8 Å². The molecule has 0 bridgehead atoms. The first-order valence-corrected chi connectivity index (χ1v) is 5.37. The van der Waals surface area contributed by atoms with Crippen molar-refractivity contribution in [2.45, 2.75) is 25.9 Å². The van der Waals surface area contributed by atoms with Gasteiger partial charge in [-0.25, -0.2) is 4.98 Å². The van der Waals surface area contributed by atoms with E-state index >= 15 is 0 Å². The topological polar surface area (TPSA) is 51.2 Å². The average molecular weight is 211 g/mol. The van der Waals surface area contributed by atoms with Gasteiger partial charge in [-0.3, -0.25) is 10.1 Å². The molecule has 0 fully saturated rings. The van der Waals surface area contributed by atoms with Gasteiger partial charge in [0.25, 0.3) is 0 Å². The molecule has 0 amide bonds. The van der Waals surface area contributed by atoms with Crippen molar-refractivity contribution in [2.24, 2.45) is 0 Å². The predicted molar refractivity (Wildman–Crippen MR) is 51.9 cm³/mol. The Morgan fingerprint density at radius 2 is 2.71 bits per heavy atom. The van der Waals surface area contributed by atoms with Crippen molar-refractivity contribution in [3.05, 3.63) is 16.1 Å². The average Bonchev–Trinajstić information content (AvgIpc) is 2.64. The summed E-state index contributed by atoms with van der Waals surface area (Å²) in [5.74, 6) is -0.189. The minimum absolute atomic E-state index is 0.189. The Balaban J connectivity index is 2.04. The number of nitrogens with zero attached hydrogens (tertiary/aromatic N) is 1. The molecular formula is C9H11N2O2S. The van der Waals surface area contributed by atoms with Crippen molar-refractivity contribution < 1.29 is 9.53 Å². The second-order valence-corrected chi connectivity index (χ2v) is 3.94. The number of hydrogen-bond acceptors (Lipinski definition) is 5. The fourth-order valence-electron chi connectivity index (χ4n) is 1.44. The number of aromatic nitrogens is 1. The van der Waals surface area contributed by atoms with Crippen LogP contribution in [0.25, 0.3) is 0 Å². The zero-order valence-corrected chi connectivity index (χ0v) is 8.69. The molecule has 0 aliphatic carbocycles. The van der Waals surface area contributed by atoms with Crippen molar-refractivity contribution in [1.82, 2.24) is 10.3 Å². The lowest BCUT2D eigenvalue weighted by Crippen LogP contribution is -2.42. The Morgan fingerprint density at radius 1 is 1.86 bits per heavy atom. The molecule has 4 nitrogen and oxygen atoms in total. The molecule has 0 saturated carbocycles. The van der Waals surface area contributed by atoms with Gasteiger partial charge in [0.15, 0.2) is 5.51 Å². The van der Waals surface area contributed by atoms with Crippen LogP contribution in [0, 0.1) is 5.51 Å². The van der Waals surface area contributed by atoms with E-state index in [4.69, 9.17) is 4.74 Å². The normalized spacial score (nSPS) is 20.2. The van der Waals surface area contributed by atoms with Gasteiger partial charge in [0.1, 0.15) is 6.04 Å². The lowest BCUT2D eigenvalue weighted by molar-refractivity contribution is -0.145. The summed E-state index contributed by atoms with van der Waals surface area (Å²) in [5, 5.41) is 3.12. The lowest BCUT2D eigenvalue weighted by Gasteiger charge is -2.20. The van der Waals surface area contributed by atoms with Gasteiger partial charge in [-0.1, -0.05) is 0 Å². The quantitative estimate of drug-likeness (QED) is 0.725. The summed E-state index contributed by atoms with van der Waals surface area (Å²) in [6, 6.07) is -0.238. The van der Waals surface area contributed by atoms with E-state index in [0.717, 1.165) is 5.69 Å². The third-order valence-corrected chi connectivity index (χ3v) is 2.96. The molecule has 1 aliphatic rings. The van der Waals surface area contributed by atoms with Crippen molar-refractivity contribution in [3.63, 3.8) is 0 Å². The van der Waals surface area contributed by atoms with Crippen LogP contribution in [0.3, 0.4) is 0 Å². The smallest absolute Gasteiger partial charge is 0.323 e. The van der Waals surface area contributed by atoms with Gasteiger partial charge >= 0.3 is 5.97 Å². The fourth-order valence-corrected chi connectivity index (χ4v) is 2.11. The number of hydrogen-bond donors (Lipinski definition) is 1. The Labute approximate surface area is 86.3 Å². The SMILES string of the molecule is CCOC(=O)C1Cc2n[c]sc2CN1. The molecule has 75 valence electrons. The summed E-state index contributed by atoms with van der Waals surface area (Å²) in [5.41, 5.74) is 3.81. The highest BCUT2D eigenvalue weighted by atomic mass is 32.1. The van der Waals surface area contributed by atoms with Crippen LogP contribution in [0.4, 0.5) is 0 Å². The first-order valence-electron chi connectivity index (χ1n) is 4.56. The first kappa shape index (κ1) is 9.61. The number of thiazole rings is 1. The molecule has 2 rings (SSSR count). The van der Waals surface area contributed by atoms with Gasteiger partial charge in [-0.05, 0) is 6.92 Å². The Hall–Kier alpha value is -0.940. The molecule has 1 unspecified atom stereocenters. The molecule has 1 atom stereocenters.